The third-order valence-corrected chi connectivity index (χ3v) is 4.48. The minimum atomic E-state index is -3.97. The topological polar surface area (TPSA) is 116 Å². The molecule has 1 N–H and O–H groups in total. The summed E-state index contributed by atoms with van der Waals surface area (Å²) < 4.78 is 31.0. The van der Waals surface area contributed by atoms with Crippen molar-refractivity contribution in [3.05, 3.63) is 34.4 Å². The predicted octanol–water partition coefficient (Wildman–Crippen LogP) is 1.20. The molecule has 21 heavy (non-hydrogen) atoms. The number of nitro benzene ring substituents is 1. The van der Waals surface area contributed by atoms with E-state index >= 15 is 0 Å². The Balaban J connectivity index is 2.98. The maximum atomic E-state index is 12.1. The van der Waals surface area contributed by atoms with Crippen molar-refractivity contribution in [1.82, 2.24) is 4.72 Å². The molecule has 1 aromatic rings. The summed E-state index contributed by atoms with van der Waals surface area (Å²) in [6, 6.07) is 3.32. The zero-order valence-electron chi connectivity index (χ0n) is 11.0. The van der Waals surface area contributed by atoms with Crippen LogP contribution in [0.25, 0.3) is 0 Å². The van der Waals surface area contributed by atoms with Crippen LogP contribution in [0.5, 0.6) is 0 Å². The molecule has 0 saturated carbocycles. The average Bonchev–Trinajstić information content (AvgIpc) is 2.45. The van der Waals surface area contributed by atoms with E-state index in [1.54, 1.807) is 0 Å². The summed E-state index contributed by atoms with van der Waals surface area (Å²) in [7, 11) is -2.82. The molecule has 10 heteroatoms. The van der Waals surface area contributed by atoms with Gasteiger partial charge in [0.1, 0.15) is 6.04 Å². The molecule has 1 aromatic carbocycles. The third-order valence-electron chi connectivity index (χ3n) is 2.54. The highest BCUT2D eigenvalue weighted by Crippen LogP contribution is 2.16. The highest BCUT2D eigenvalue weighted by molar-refractivity contribution is 9.09. The number of halogens is 1. The number of ether oxygens (including phenoxy) is 1. The fourth-order valence-corrected chi connectivity index (χ4v) is 3.16. The van der Waals surface area contributed by atoms with Crippen molar-refractivity contribution in [2.24, 2.45) is 0 Å². The van der Waals surface area contributed by atoms with Gasteiger partial charge in [-0.2, -0.15) is 4.72 Å². The van der Waals surface area contributed by atoms with E-state index in [-0.39, 0.29) is 17.0 Å². The predicted molar refractivity (Wildman–Crippen MR) is 77.6 cm³/mol. The molecule has 0 amide bonds. The smallest absolute Gasteiger partial charge is 0.323 e. The molecule has 0 spiro atoms. The summed E-state index contributed by atoms with van der Waals surface area (Å²) in [6.07, 6.45) is 0.207. The zero-order chi connectivity index (χ0) is 16.0. The molecule has 0 bridgehead atoms. The van der Waals surface area contributed by atoms with Gasteiger partial charge in [-0.05, 0) is 18.6 Å². The minimum Gasteiger partial charge on any atom is -0.468 e. The van der Waals surface area contributed by atoms with Gasteiger partial charge in [-0.3, -0.25) is 14.9 Å². The van der Waals surface area contributed by atoms with Gasteiger partial charge >= 0.3 is 5.97 Å². The second kappa shape index (κ2) is 7.48. The number of non-ortho nitro benzene ring substituents is 1. The second-order valence-electron chi connectivity index (χ2n) is 3.93. The number of carbonyl (C=O) groups is 1. The lowest BCUT2D eigenvalue weighted by Crippen LogP contribution is -2.41. The Labute approximate surface area is 129 Å². The summed E-state index contributed by atoms with van der Waals surface area (Å²) in [5, 5.41) is 10.9. The van der Waals surface area contributed by atoms with E-state index in [9.17, 15) is 23.3 Å². The molecule has 0 heterocycles. The number of sulfonamides is 1. The standard InChI is InChI=1S/C11H13BrN2O6S/c1-20-11(15)10(6-7-12)13-21(18,19)9-4-2-8(3-5-9)14(16)17/h2-5,10,13H,6-7H2,1H3/t10-/m1/s1. The third kappa shape index (κ3) is 4.76. The molecule has 0 fully saturated rings. The van der Waals surface area contributed by atoms with Gasteiger partial charge in [0.2, 0.25) is 10.0 Å². The maximum Gasteiger partial charge on any atom is 0.323 e. The van der Waals surface area contributed by atoms with Gasteiger partial charge in [0.05, 0.1) is 16.9 Å². The van der Waals surface area contributed by atoms with E-state index in [4.69, 9.17) is 0 Å². The second-order valence-corrected chi connectivity index (χ2v) is 6.43. The summed E-state index contributed by atoms with van der Waals surface area (Å²) in [5.74, 6) is -0.708. The number of methoxy groups -OCH3 is 1. The lowest BCUT2D eigenvalue weighted by atomic mass is 10.2. The van der Waals surface area contributed by atoms with E-state index < -0.39 is 27.0 Å². The number of benzene rings is 1. The number of hydrogen-bond donors (Lipinski definition) is 1. The van der Waals surface area contributed by atoms with E-state index in [1.807, 2.05) is 0 Å². The molecular formula is C11H13BrN2O6S. The summed E-state index contributed by atoms with van der Waals surface area (Å²) in [6.45, 7) is 0. The number of carbonyl (C=O) groups excluding carboxylic acids is 1. The molecule has 116 valence electrons. The number of alkyl halides is 1. The van der Waals surface area contributed by atoms with Crippen molar-refractivity contribution in [3.63, 3.8) is 0 Å². The van der Waals surface area contributed by atoms with Crippen LogP contribution in [-0.4, -0.2) is 37.8 Å². The quantitative estimate of drug-likeness (QED) is 0.328. The highest BCUT2D eigenvalue weighted by Gasteiger charge is 2.26. The van der Waals surface area contributed by atoms with Gasteiger partial charge in [0, 0.05) is 17.5 Å². The van der Waals surface area contributed by atoms with Crippen LogP contribution in [0.1, 0.15) is 6.42 Å². The van der Waals surface area contributed by atoms with E-state index in [1.165, 1.54) is 0 Å². The van der Waals surface area contributed by atoms with Gasteiger partial charge in [-0.15, -0.1) is 0 Å². The molecule has 8 nitrogen and oxygen atoms in total. The number of nitrogens with zero attached hydrogens (tertiary/aromatic N) is 1. The molecule has 1 atom stereocenters. The first-order valence-corrected chi connectivity index (χ1v) is 8.33. The van der Waals surface area contributed by atoms with Crippen LogP contribution in [0.3, 0.4) is 0 Å². The van der Waals surface area contributed by atoms with Crippen LogP contribution in [0.15, 0.2) is 29.2 Å². The lowest BCUT2D eigenvalue weighted by Gasteiger charge is -2.15. The van der Waals surface area contributed by atoms with Gasteiger partial charge in [0.15, 0.2) is 0 Å². The first-order chi connectivity index (χ1) is 9.81. The Morgan fingerprint density at radius 1 is 1.43 bits per heavy atom. The molecule has 0 aliphatic carbocycles. The largest absolute Gasteiger partial charge is 0.468 e. The normalized spacial score (nSPS) is 12.7. The zero-order valence-corrected chi connectivity index (χ0v) is 13.4. The van der Waals surface area contributed by atoms with Crippen LogP contribution < -0.4 is 4.72 Å². The molecule has 0 aromatic heterocycles. The van der Waals surface area contributed by atoms with Crippen molar-refractivity contribution >= 4 is 37.6 Å². The minimum absolute atomic E-state index is 0.170. The van der Waals surface area contributed by atoms with Crippen LogP contribution in [0.4, 0.5) is 5.69 Å². The van der Waals surface area contributed by atoms with Crippen molar-refractivity contribution in [3.8, 4) is 0 Å². The monoisotopic (exact) mass is 380 g/mol. The Morgan fingerprint density at radius 3 is 2.43 bits per heavy atom. The fourth-order valence-electron chi connectivity index (χ4n) is 1.48. The van der Waals surface area contributed by atoms with E-state index in [0.29, 0.717) is 5.33 Å². The van der Waals surface area contributed by atoms with E-state index in [0.717, 1.165) is 31.4 Å². The lowest BCUT2D eigenvalue weighted by molar-refractivity contribution is -0.384. The van der Waals surface area contributed by atoms with Crippen LogP contribution in [-0.2, 0) is 19.6 Å². The van der Waals surface area contributed by atoms with E-state index in [2.05, 4.69) is 25.4 Å². The SMILES string of the molecule is COC(=O)[C@@H](CCBr)NS(=O)(=O)c1ccc([N+](=O)[O-])cc1. The summed E-state index contributed by atoms with van der Waals surface area (Å²) in [5.41, 5.74) is -0.223. The molecule has 0 radical (unpaired) electrons. The summed E-state index contributed by atoms with van der Waals surface area (Å²) in [4.78, 5) is 21.2. The molecule has 0 aliphatic heterocycles. The van der Waals surface area contributed by atoms with Crippen LogP contribution >= 0.6 is 15.9 Å². The highest BCUT2D eigenvalue weighted by atomic mass is 79.9. The van der Waals surface area contributed by atoms with Crippen molar-refractivity contribution < 1.29 is 22.9 Å². The Hall–Kier alpha value is -1.52. The summed E-state index contributed by atoms with van der Waals surface area (Å²) >= 11 is 3.12. The number of esters is 1. The fraction of sp³-hybridized carbons (Fsp3) is 0.364. The van der Waals surface area contributed by atoms with Gasteiger partial charge in [0.25, 0.3) is 5.69 Å². The molecule has 0 aliphatic rings. The maximum absolute atomic E-state index is 12.1. The van der Waals surface area contributed by atoms with Crippen molar-refractivity contribution in [2.75, 3.05) is 12.4 Å². The number of hydrogen-bond acceptors (Lipinski definition) is 6. The first-order valence-electron chi connectivity index (χ1n) is 5.72. The van der Waals surface area contributed by atoms with Crippen molar-refractivity contribution in [2.45, 2.75) is 17.4 Å². The molecular weight excluding hydrogens is 368 g/mol. The number of rotatable bonds is 7. The Kier molecular flexibility index (Phi) is 6.24. The average molecular weight is 381 g/mol. The van der Waals surface area contributed by atoms with Crippen LogP contribution in [0.2, 0.25) is 0 Å². The molecule has 1 rings (SSSR count). The number of nitro groups is 1. The van der Waals surface area contributed by atoms with Gasteiger partial charge in [-0.25, -0.2) is 8.42 Å². The van der Waals surface area contributed by atoms with Gasteiger partial charge in [-0.1, -0.05) is 15.9 Å². The molecule has 0 saturated heterocycles. The first kappa shape index (κ1) is 17.5. The number of nitrogens with one attached hydrogen (secondary N) is 1. The van der Waals surface area contributed by atoms with Gasteiger partial charge < -0.3 is 4.74 Å². The molecule has 0 unspecified atom stereocenters. The van der Waals surface area contributed by atoms with Crippen LogP contribution in [0, 0.1) is 10.1 Å². The Morgan fingerprint density at radius 2 is 2.00 bits per heavy atom. The Bertz CT molecular complexity index is 616. The van der Waals surface area contributed by atoms with Crippen molar-refractivity contribution in [1.29, 1.82) is 0 Å².